The zero-order valence-electron chi connectivity index (χ0n) is 12.5. The summed E-state index contributed by atoms with van der Waals surface area (Å²) in [6.07, 6.45) is -4.39. The van der Waals surface area contributed by atoms with Crippen LogP contribution in [0, 0.1) is 0 Å². The van der Waals surface area contributed by atoms with Gasteiger partial charge >= 0.3 is 12.2 Å². The molecule has 1 fully saturated rings. The molecule has 0 radical (unpaired) electrons. The average Bonchev–Trinajstić information content (AvgIpc) is 2.96. The molecule has 2 aromatic carbocycles. The minimum absolute atomic E-state index is 0.261. The number of alkyl halides is 3. The summed E-state index contributed by atoms with van der Waals surface area (Å²) in [7, 11) is 0. The number of halogens is 3. The van der Waals surface area contributed by atoms with Gasteiger partial charge in [0.25, 0.3) is 0 Å². The highest BCUT2D eigenvalue weighted by Crippen LogP contribution is 2.32. The molecule has 2 amide bonds. The maximum atomic E-state index is 12.6. The van der Waals surface area contributed by atoms with Crippen LogP contribution in [-0.4, -0.2) is 19.1 Å². The van der Waals surface area contributed by atoms with Crippen LogP contribution in [0.15, 0.2) is 53.4 Å². The number of nitrogens with two attached hydrogens (primary N) is 1. The van der Waals surface area contributed by atoms with Gasteiger partial charge in [0.2, 0.25) is 0 Å². The molecule has 0 saturated carbocycles. The summed E-state index contributed by atoms with van der Waals surface area (Å²) in [6.45, 7) is 0.882. The van der Waals surface area contributed by atoms with Crippen molar-refractivity contribution in [2.45, 2.75) is 11.1 Å². The van der Waals surface area contributed by atoms with Crippen LogP contribution < -0.4 is 14.9 Å². The fourth-order valence-corrected chi connectivity index (χ4v) is 2.84. The summed E-state index contributed by atoms with van der Waals surface area (Å²) in [5.41, 5.74) is 0.446. The van der Waals surface area contributed by atoms with Crippen LogP contribution >= 0.6 is 11.9 Å². The third-order valence-electron chi connectivity index (χ3n) is 3.80. The summed E-state index contributed by atoms with van der Waals surface area (Å²) in [6, 6.07) is 11.6. The fourth-order valence-electron chi connectivity index (χ4n) is 2.55. The van der Waals surface area contributed by atoms with Gasteiger partial charge in [0, 0.05) is 29.4 Å². The summed E-state index contributed by atoms with van der Waals surface area (Å²) in [4.78, 5) is 16.5. The molecule has 3 rings (SSSR count). The molecule has 2 N–H and O–H groups in total. The lowest BCUT2D eigenvalue weighted by Gasteiger charge is -2.19. The van der Waals surface area contributed by atoms with Crippen molar-refractivity contribution >= 4 is 29.4 Å². The van der Waals surface area contributed by atoms with Gasteiger partial charge in [-0.15, -0.1) is 0 Å². The normalized spacial score (nSPS) is 15.2. The third-order valence-corrected chi connectivity index (χ3v) is 4.34. The number of nitrogens with zero attached hydrogens (tertiary/aromatic N) is 2. The minimum Gasteiger partial charge on any atom is -0.292 e. The second-order valence-corrected chi connectivity index (χ2v) is 5.95. The molecule has 126 valence electrons. The molecule has 0 spiro atoms. The van der Waals surface area contributed by atoms with Crippen LogP contribution in [-0.2, 0) is 6.18 Å². The van der Waals surface area contributed by atoms with Gasteiger partial charge in [-0.3, -0.25) is 14.9 Å². The van der Waals surface area contributed by atoms with E-state index in [4.69, 9.17) is 5.14 Å². The Labute approximate surface area is 141 Å². The predicted octanol–water partition coefficient (Wildman–Crippen LogP) is 4.12. The van der Waals surface area contributed by atoms with Crippen molar-refractivity contribution in [1.29, 1.82) is 0 Å². The van der Waals surface area contributed by atoms with E-state index in [9.17, 15) is 18.0 Å². The topological polar surface area (TPSA) is 49.6 Å². The molecule has 0 bridgehead atoms. The van der Waals surface area contributed by atoms with E-state index >= 15 is 0 Å². The van der Waals surface area contributed by atoms with Crippen molar-refractivity contribution in [3.63, 3.8) is 0 Å². The first-order chi connectivity index (χ1) is 11.4. The lowest BCUT2D eigenvalue weighted by atomic mass is 10.2. The number of urea groups is 1. The lowest BCUT2D eigenvalue weighted by Crippen LogP contribution is -2.31. The van der Waals surface area contributed by atoms with E-state index in [0.717, 1.165) is 34.7 Å². The molecule has 1 saturated heterocycles. The van der Waals surface area contributed by atoms with Crippen LogP contribution in [0.5, 0.6) is 0 Å². The number of carbonyl (C=O) groups excluding carboxylic acids is 1. The van der Waals surface area contributed by atoms with E-state index in [1.807, 2.05) is 12.1 Å². The quantitative estimate of drug-likeness (QED) is 0.845. The second-order valence-electron chi connectivity index (χ2n) is 5.24. The summed E-state index contributed by atoms with van der Waals surface area (Å²) in [5.74, 6) is 0. The number of benzene rings is 2. The molecule has 2 aromatic rings. The first-order valence-electron chi connectivity index (χ1n) is 7.13. The standard InChI is InChI=1S/C16H14F3N3OS/c17-16(18,19)11-1-3-12(4-2-11)21-9-10-22(15(21)23)13-5-7-14(24-20)8-6-13/h1-8H,9-10,20H2. The van der Waals surface area contributed by atoms with E-state index in [0.29, 0.717) is 18.8 Å². The Hall–Kier alpha value is -2.19. The highest BCUT2D eigenvalue weighted by molar-refractivity contribution is 7.97. The molecule has 4 nitrogen and oxygen atoms in total. The first kappa shape index (κ1) is 16.7. The van der Waals surface area contributed by atoms with E-state index in [1.165, 1.54) is 17.0 Å². The van der Waals surface area contributed by atoms with Crippen molar-refractivity contribution in [1.82, 2.24) is 0 Å². The van der Waals surface area contributed by atoms with Gasteiger partial charge in [-0.25, -0.2) is 4.79 Å². The molecule has 0 aliphatic carbocycles. The van der Waals surface area contributed by atoms with E-state index in [-0.39, 0.29) is 6.03 Å². The number of rotatable bonds is 3. The molecule has 8 heteroatoms. The average molecular weight is 353 g/mol. The van der Waals surface area contributed by atoms with Crippen LogP contribution in [0.3, 0.4) is 0 Å². The molecule has 1 heterocycles. The van der Waals surface area contributed by atoms with E-state index < -0.39 is 11.7 Å². The maximum Gasteiger partial charge on any atom is 0.416 e. The Morgan fingerprint density at radius 1 is 0.875 bits per heavy atom. The van der Waals surface area contributed by atoms with E-state index in [2.05, 4.69) is 0 Å². The van der Waals surface area contributed by atoms with Crippen LogP contribution in [0.25, 0.3) is 0 Å². The predicted molar refractivity (Wildman–Crippen MR) is 88.0 cm³/mol. The minimum atomic E-state index is -4.39. The smallest absolute Gasteiger partial charge is 0.292 e. The summed E-state index contributed by atoms with van der Waals surface area (Å²) < 4.78 is 37.9. The Balaban J connectivity index is 1.78. The molecule has 0 atom stereocenters. The van der Waals surface area contributed by atoms with Crippen LogP contribution in [0.1, 0.15) is 5.56 Å². The lowest BCUT2D eigenvalue weighted by molar-refractivity contribution is -0.137. The van der Waals surface area contributed by atoms with Crippen molar-refractivity contribution in [2.24, 2.45) is 5.14 Å². The maximum absolute atomic E-state index is 12.6. The van der Waals surface area contributed by atoms with Crippen molar-refractivity contribution in [3.8, 4) is 0 Å². The molecular formula is C16H14F3N3OS. The van der Waals surface area contributed by atoms with Crippen molar-refractivity contribution in [2.75, 3.05) is 22.9 Å². The van der Waals surface area contributed by atoms with Gasteiger partial charge in [0.05, 0.1) is 5.56 Å². The summed E-state index contributed by atoms with van der Waals surface area (Å²) in [5, 5.41) is 5.47. The van der Waals surface area contributed by atoms with Crippen molar-refractivity contribution in [3.05, 3.63) is 54.1 Å². The van der Waals surface area contributed by atoms with Crippen LogP contribution in [0.4, 0.5) is 29.3 Å². The summed E-state index contributed by atoms with van der Waals surface area (Å²) >= 11 is 1.12. The largest absolute Gasteiger partial charge is 0.416 e. The van der Waals surface area contributed by atoms with Gasteiger partial charge < -0.3 is 0 Å². The third kappa shape index (κ3) is 3.20. The van der Waals surface area contributed by atoms with Gasteiger partial charge in [-0.2, -0.15) is 13.2 Å². The van der Waals surface area contributed by atoms with Crippen molar-refractivity contribution < 1.29 is 18.0 Å². The number of anilines is 2. The Morgan fingerprint density at radius 3 is 1.75 bits per heavy atom. The van der Waals surface area contributed by atoms with Gasteiger partial charge in [-0.05, 0) is 60.5 Å². The molecule has 1 aliphatic heterocycles. The zero-order valence-corrected chi connectivity index (χ0v) is 13.3. The molecule has 0 aromatic heterocycles. The Morgan fingerprint density at radius 2 is 1.33 bits per heavy atom. The highest BCUT2D eigenvalue weighted by Gasteiger charge is 2.33. The SMILES string of the molecule is NSc1ccc(N2CCN(c3ccc(C(F)(F)F)cc3)C2=O)cc1. The van der Waals surface area contributed by atoms with Gasteiger partial charge in [-0.1, -0.05) is 0 Å². The second kappa shape index (κ2) is 6.37. The Bertz CT molecular complexity index is 732. The monoisotopic (exact) mass is 353 g/mol. The van der Waals surface area contributed by atoms with Gasteiger partial charge in [0.1, 0.15) is 0 Å². The number of carbonyl (C=O) groups is 1. The molecule has 0 unspecified atom stereocenters. The molecule has 1 aliphatic rings. The zero-order chi connectivity index (χ0) is 17.3. The molecular weight excluding hydrogens is 339 g/mol. The van der Waals surface area contributed by atoms with Crippen LogP contribution in [0.2, 0.25) is 0 Å². The number of hydrogen-bond donors (Lipinski definition) is 1. The highest BCUT2D eigenvalue weighted by atomic mass is 32.2. The van der Waals surface area contributed by atoms with Gasteiger partial charge in [0.15, 0.2) is 0 Å². The molecule has 24 heavy (non-hydrogen) atoms. The van der Waals surface area contributed by atoms with E-state index in [1.54, 1.807) is 17.0 Å². The number of hydrogen-bond acceptors (Lipinski definition) is 3. The fraction of sp³-hybridized carbons (Fsp3) is 0.188. The Kier molecular flexibility index (Phi) is 4.42. The first-order valence-corrected chi connectivity index (χ1v) is 8.01. The number of amides is 2.